The first kappa shape index (κ1) is 12.3. The van der Waals surface area contributed by atoms with Gasteiger partial charge < -0.3 is 5.32 Å². The number of anilines is 1. The summed E-state index contributed by atoms with van der Waals surface area (Å²) in [6, 6.07) is -0.195. The summed E-state index contributed by atoms with van der Waals surface area (Å²) in [5.74, 6) is 0.320. The molecule has 2 atom stereocenters. The van der Waals surface area contributed by atoms with E-state index in [1.807, 2.05) is 18.7 Å². The first-order valence-electron chi connectivity index (χ1n) is 5.61. The SMILES string of the molecule is Cc1nc(N2C(=S)N[C@@H]3CS(=O)(=O)C[C@H]32)sc1C. The van der Waals surface area contributed by atoms with Crippen LogP contribution in [0, 0.1) is 13.8 Å². The lowest BCUT2D eigenvalue weighted by Gasteiger charge is -2.19. The van der Waals surface area contributed by atoms with Gasteiger partial charge in [0.15, 0.2) is 20.1 Å². The Labute approximate surface area is 115 Å². The molecule has 0 radical (unpaired) electrons. The van der Waals surface area contributed by atoms with Gasteiger partial charge in [-0.3, -0.25) is 4.90 Å². The highest BCUT2D eigenvalue weighted by Gasteiger charge is 2.48. The Morgan fingerprint density at radius 1 is 1.44 bits per heavy atom. The highest BCUT2D eigenvalue weighted by atomic mass is 32.2. The van der Waals surface area contributed by atoms with Gasteiger partial charge in [0, 0.05) is 4.88 Å². The van der Waals surface area contributed by atoms with Crippen LogP contribution in [0.3, 0.4) is 0 Å². The Balaban J connectivity index is 1.99. The lowest BCUT2D eigenvalue weighted by atomic mass is 10.2. The molecule has 3 heterocycles. The van der Waals surface area contributed by atoms with Crippen LogP contribution in [-0.2, 0) is 9.84 Å². The number of aromatic nitrogens is 1. The molecule has 0 saturated carbocycles. The van der Waals surface area contributed by atoms with Crippen LogP contribution in [0.5, 0.6) is 0 Å². The molecule has 0 bridgehead atoms. The third kappa shape index (κ3) is 1.83. The van der Waals surface area contributed by atoms with E-state index in [4.69, 9.17) is 12.2 Å². The third-order valence-electron chi connectivity index (χ3n) is 3.41. The molecule has 1 aromatic rings. The molecule has 98 valence electrons. The molecule has 18 heavy (non-hydrogen) atoms. The Hall–Kier alpha value is -0.730. The fourth-order valence-corrected chi connectivity index (χ4v) is 5.68. The van der Waals surface area contributed by atoms with E-state index in [2.05, 4.69) is 10.3 Å². The summed E-state index contributed by atoms with van der Waals surface area (Å²) >= 11 is 6.85. The molecule has 3 rings (SSSR count). The van der Waals surface area contributed by atoms with Crippen molar-refractivity contribution in [2.24, 2.45) is 0 Å². The number of hydrogen-bond donors (Lipinski definition) is 1. The van der Waals surface area contributed by atoms with E-state index in [0.717, 1.165) is 15.7 Å². The van der Waals surface area contributed by atoms with Crippen LogP contribution >= 0.6 is 23.6 Å². The smallest absolute Gasteiger partial charge is 0.192 e. The maximum atomic E-state index is 11.7. The minimum Gasteiger partial charge on any atom is -0.356 e. The van der Waals surface area contributed by atoms with Crippen molar-refractivity contribution in [3.8, 4) is 0 Å². The molecule has 1 aromatic heterocycles. The number of aryl methyl sites for hydroxylation is 2. The van der Waals surface area contributed by atoms with Crippen molar-refractivity contribution < 1.29 is 8.42 Å². The van der Waals surface area contributed by atoms with Crippen molar-refractivity contribution in [3.05, 3.63) is 10.6 Å². The summed E-state index contributed by atoms with van der Waals surface area (Å²) in [5.41, 5.74) is 0.974. The van der Waals surface area contributed by atoms with Crippen molar-refractivity contribution in [1.29, 1.82) is 0 Å². The fourth-order valence-electron chi connectivity index (χ4n) is 2.39. The average molecular weight is 303 g/mol. The van der Waals surface area contributed by atoms with Gasteiger partial charge in [-0.2, -0.15) is 0 Å². The Morgan fingerprint density at radius 3 is 2.78 bits per heavy atom. The first-order valence-corrected chi connectivity index (χ1v) is 8.66. The second-order valence-corrected chi connectivity index (χ2v) is 8.43. The molecule has 0 spiro atoms. The van der Waals surface area contributed by atoms with E-state index in [0.29, 0.717) is 5.11 Å². The quantitative estimate of drug-likeness (QED) is 0.768. The monoisotopic (exact) mass is 303 g/mol. The number of thiocarbonyl (C=S) groups is 1. The van der Waals surface area contributed by atoms with Crippen LogP contribution in [0.1, 0.15) is 10.6 Å². The van der Waals surface area contributed by atoms with E-state index in [9.17, 15) is 8.42 Å². The highest BCUT2D eigenvalue weighted by molar-refractivity contribution is 7.91. The van der Waals surface area contributed by atoms with Gasteiger partial charge in [-0.25, -0.2) is 13.4 Å². The molecular weight excluding hydrogens is 290 g/mol. The molecule has 0 unspecified atom stereocenters. The lowest BCUT2D eigenvalue weighted by molar-refractivity contribution is 0.600. The number of nitrogens with one attached hydrogen (secondary N) is 1. The fraction of sp³-hybridized carbons (Fsp3) is 0.600. The van der Waals surface area contributed by atoms with Gasteiger partial charge in [0.25, 0.3) is 0 Å². The predicted octanol–water partition coefficient (Wildman–Crippen LogP) is 0.620. The van der Waals surface area contributed by atoms with Crippen LogP contribution in [-0.4, -0.2) is 42.1 Å². The topological polar surface area (TPSA) is 62.3 Å². The summed E-state index contributed by atoms with van der Waals surface area (Å²) in [6.45, 7) is 3.96. The van der Waals surface area contributed by atoms with E-state index in [-0.39, 0.29) is 23.6 Å². The molecule has 2 aliphatic heterocycles. The van der Waals surface area contributed by atoms with Crippen LogP contribution in [0.2, 0.25) is 0 Å². The maximum absolute atomic E-state index is 11.7. The summed E-state index contributed by atoms with van der Waals surface area (Å²) in [7, 11) is -2.96. The van der Waals surface area contributed by atoms with Crippen molar-refractivity contribution in [2.45, 2.75) is 25.9 Å². The van der Waals surface area contributed by atoms with E-state index in [1.165, 1.54) is 0 Å². The molecule has 0 aliphatic carbocycles. The summed E-state index contributed by atoms with van der Waals surface area (Å²) in [4.78, 5) is 7.48. The minimum atomic E-state index is -2.96. The predicted molar refractivity (Wildman–Crippen MR) is 76.0 cm³/mol. The van der Waals surface area contributed by atoms with Gasteiger partial charge >= 0.3 is 0 Å². The number of sulfone groups is 1. The molecule has 2 fully saturated rings. The van der Waals surface area contributed by atoms with Gasteiger partial charge in [0.1, 0.15) is 0 Å². The summed E-state index contributed by atoms with van der Waals surface area (Å²) in [5, 5.41) is 4.48. The zero-order valence-electron chi connectivity index (χ0n) is 10.0. The standard InChI is InChI=1S/C10H13N3O2S3/c1-5-6(2)17-10(11-5)13-8-4-18(14,15)3-7(8)12-9(13)16/h7-8H,3-4H2,1-2H3,(H,12,16)/t7-,8-/m1/s1. The van der Waals surface area contributed by atoms with Crippen molar-refractivity contribution >= 4 is 43.6 Å². The largest absolute Gasteiger partial charge is 0.356 e. The van der Waals surface area contributed by atoms with Crippen LogP contribution in [0.25, 0.3) is 0 Å². The van der Waals surface area contributed by atoms with Crippen molar-refractivity contribution in [2.75, 3.05) is 16.4 Å². The summed E-state index contributed by atoms with van der Waals surface area (Å²) < 4.78 is 23.3. The summed E-state index contributed by atoms with van der Waals surface area (Å²) in [6.07, 6.45) is 0. The van der Waals surface area contributed by atoms with Gasteiger partial charge in [0.2, 0.25) is 0 Å². The molecule has 2 aliphatic rings. The van der Waals surface area contributed by atoms with Gasteiger partial charge in [-0.1, -0.05) is 0 Å². The van der Waals surface area contributed by atoms with Crippen LogP contribution in [0.15, 0.2) is 0 Å². The van der Waals surface area contributed by atoms with E-state index >= 15 is 0 Å². The molecule has 8 heteroatoms. The number of thiazole rings is 1. The van der Waals surface area contributed by atoms with Gasteiger partial charge in [0.05, 0.1) is 29.3 Å². The first-order chi connectivity index (χ1) is 8.37. The van der Waals surface area contributed by atoms with Gasteiger partial charge in [-0.05, 0) is 26.1 Å². The third-order valence-corrected chi connectivity index (χ3v) is 6.51. The molecule has 2 saturated heterocycles. The molecule has 0 aromatic carbocycles. The molecule has 5 nitrogen and oxygen atoms in total. The highest BCUT2D eigenvalue weighted by Crippen LogP contribution is 2.33. The van der Waals surface area contributed by atoms with Crippen molar-refractivity contribution in [3.63, 3.8) is 0 Å². The average Bonchev–Trinajstić information content (AvgIpc) is 2.77. The zero-order valence-corrected chi connectivity index (χ0v) is 12.5. The minimum absolute atomic E-state index is 0.0907. The molecule has 0 amide bonds. The molecular formula is C10H13N3O2S3. The maximum Gasteiger partial charge on any atom is 0.192 e. The lowest BCUT2D eigenvalue weighted by Crippen LogP contribution is -2.36. The molecule has 1 N–H and O–H groups in total. The second-order valence-electron chi connectivity index (χ2n) is 4.71. The van der Waals surface area contributed by atoms with Crippen molar-refractivity contribution in [1.82, 2.24) is 10.3 Å². The van der Waals surface area contributed by atoms with Crippen LogP contribution < -0.4 is 10.2 Å². The second kappa shape index (κ2) is 3.88. The van der Waals surface area contributed by atoms with Crippen LogP contribution in [0.4, 0.5) is 5.13 Å². The number of nitrogens with zero attached hydrogens (tertiary/aromatic N) is 2. The normalized spacial score (nSPS) is 29.4. The Morgan fingerprint density at radius 2 is 2.17 bits per heavy atom. The van der Waals surface area contributed by atoms with Gasteiger partial charge in [-0.15, -0.1) is 11.3 Å². The number of fused-ring (bicyclic) bond motifs is 1. The number of rotatable bonds is 1. The number of hydrogen-bond acceptors (Lipinski definition) is 5. The van der Waals surface area contributed by atoms with E-state index < -0.39 is 9.84 Å². The zero-order chi connectivity index (χ0) is 13.1. The van der Waals surface area contributed by atoms with E-state index in [1.54, 1.807) is 11.3 Å². The Bertz CT molecular complexity index is 603. The Kier molecular flexibility index (Phi) is 2.65.